The number of halogens is 1. The van der Waals surface area contributed by atoms with E-state index in [2.05, 4.69) is 24.1 Å². The molecule has 1 aromatic carbocycles. The second-order valence-corrected chi connectivity index (χ2v) is 10.6. The molecule has 0 bridgehead atoms. The molecule has 0 aromatic heterocycles. The Morgan fingerprint density at radius 1 is 1.19 bits per heavy atom. The van der Waals surface area contributed by atoms with E-state index in [1.807, 2.05) is 0 Å². The minimum absolute atomic E-state index is 0.000480. The molecule has 2 heterocycles. The van der Waals surface area contributed by atoms with E-state index in [1.54, 1.807) is 29.2 Å². The van der Waals surface area contributed by atoms with Crippen LogP contribution in [0.1, 0.15) is 26.7 Å². The SMILES string of the molecule is CC(C)CN1CCS(=O)(=O)[C@@H]2CCN(C(=O)Nc3ccc(Cl)cc3)CC[C@@H]21. The van der Waals surface area contributed by atoms with Crippen LogP contribution in [0.5, 0.6) is 0 Å². The highest BCUT2D eigenvalue weighted by Gasteiger charge is 2.43. The standard InChI is InChI=1S/C19H28ClN3O3S/c1-14(2)13-23-11-12-27(25,26)18-8-10-22(9-7-17(18)23)19(24)21-16-5-3-15(20)4-6-16/h3-6,14,17-18H,7-13H2,1-2H3,(H,21,24)/t17-,18+/m0/s1. The zero-order chi connectivity index (χ0) is 19.6. The van der Waals surface area contributed by atoms with Gasteiger partial charge in [-0.1, -0.05) is 25.4 Å². The van der Waals surface area contributed by atoms with Crippen LogP contribution in [0.25, 0.3) is 0 Å². The summed E-state index contributed by atoms with van der Waals surface area (Å²) in [6, 6.07) is 6.78. The van der Waals surface area contributed by atoms with Crippen molar-refractivity contribution < 1.29 is 13.2 Å². The molecule has 2 saturated heterocycles. The molecule has 6 nitrogen and oxygen atoms in total. The summed E-state index contributed by atoms with van der Waals surface area (Å²) in [5, 5.41) is 3.11. The molecule has 0 saturated carbocycles. The Labute approximate surface area is 166 Å². The van der Waals surface area contributed by atoms with Crippen LogP contribution in [0.2, 0.25) is 5.02 Å². The average Bonchev–Trinajstić information content (AvgIpc) is 2.83. The van der Waals surface area contributed by atoms with Crippen molar-refractivity contribution in [2.24, 2.45) is 5.92 Å². The number of sulfone groups is 1. The lowest BCUT2D eigenvalue weighted by Crippen LogP contribution is -2.55. The first-order valence-electron chi connectivity index (χ1n) is 9.53. The maximum absolute atomic E-state index is 12.7. The van der Waals surface area contributed by atoms with Gasteiger partial charge in [-0.3, -0.25) is 4.90 Å². The van der Waals surface area contributed by atoms with Crippen molar-refractivity contribution in [3.8, 4) is 0 Å². The maximum atomic E-state index is 12.7. The van der Waals surface area contributed by atoms with Crippen molar-refractivity contribution in [3.05, 3.63) is 29.3 Å². The maximum Gasteiger partial charge on any atom is 0.321 e. The van der Waals surface area contributed by atoms with Gasteiger partial charge in [-0.25, -0.2) is 13.2 Å². The van der Waals surface area contributed by atoms with Crippen LogP contribution in [0, 0.1) is 5.92 Å². The summed E-state index contributed by atoms with van der Waals surface area (Å²) in [7, 11) is -3.10. The lowest BCUT2D eigenvalue weighted by atomic mass is 10.0. The predicted molar refractivity (Wildman–Crippen MR) is 109 cm³/mol. The number of nitrogens with one attached hydrogen (secondary N) is 1. The van der Waals surface area contributed by atoms with Gasteiger partial charge in [0.2, 0.25) is 0 Å². The van der Waals surface area contributed by atoms with Gasteiger partial charge in [0, 0.05) is 42.9 Å². The Hall–Kier alpha value is -1.31. The summed E-state index contributed by atoms with van der Waals surface area (Å²) >= 11 is 5.88. The molecule has 1 N–H and O–H groups in total. The van der Waals surface area contributed by atoms with Gasteiger partial charge in [-0.05, 0) is 43.0 Å². The summed E-state index contributed by atoms with van der Waals surface area (Å²) < 4.78 is 25.3. The zero-order valence-corrected chi connectivity index (χ0v) is 17.5. The van der Waals surface area contributed by atoms with Crippen LogP contribution in [0.15, 0.2) is 24.3 Å². The second kappa shape index (κ2) is 8.37. The number of benzene rings is 1. The zero-order valence-electron chi connectivity index (χ0n) is 15.9. The van der Waals surface area contributed by atoms with Crippen LogP contribution in [-0.4, -0.2) is 67.5 Å². The number of nitrogens with zero attached hydrogens (tertiary/aromatic N) is 2. The monoisotopic (exact) mass is 413 g/mol. The topological polar surface area (TPSA) is 69.7 Å². The normalized spacial score (nSPS) is 25.7. The fourth-order valence-electron chi connectivity index (χ4n) is 4.09. The molecule has 0 unspecified atom stereocenters. The number of amides is 2. The van der Waals surface area contributed by atoms with Crippen molar-refractivity contribution >= 4 is 33.2 Å². The van der Waals surface area contributed by atoms with Gasteiger partial charge < -0.3 is 10.2 Å². The van der Waals surface area contributed by atoms with Gasteiger partial charge in [-0.2, -0.15) is 0 Å². The Bertz CT molecular complexity index is 767. The first-order chi connectivity index (χ1) is 12.8. The molecular formula is C19H28ClN3O3S. The Kier molecular flexibility index (Phi) is 6.33. The van der Waals surface area contributed by atoms with Crippen LogP contribution >= 0.6 is 11.6 Å². The van der Waals surface area contributed by atoms with Gasteiger partial charge >= 0.3 is 6.03 Å². The van der Waals surface area contributed by atoms with Gasteiger partial charge in [0.15, 0.2) is 9.84 Å². The number of carbonyl (C=O) groups is 1. The molecule has 0 radical (unpaired) electrons. The van der Waals surface area contributed by atoms with E-state index in [0.717, 1.165) is 6.54 Å². The highest BCUT2D eigenvalue weighted by molar-refractivity contribution is 7.92. The predicted octanol–water partition coefficient (Wildman–Crippen LogP) is 3.09. The van der Waals surface area contributed by atoms with Gasteiger partial charge in [0.1, 0.15) is 0 Å². The lowest BCUT2D eigenvalue weighted by molar-refractivity contribution is 0.161. The number of hydrogen-bond acceptors (Lipinski definition) is 4. The highest BCUT2D eigenvalue weighted by atomic mass is 35.5. The van der Waals surface area contributed by atoms with Gasteiger partial charge in [-0.15, -0.1) is 0 Å². The summed E-state index contributed by atoms with van der Waals surface area (Å²) in [6.07, 6.45) is 1.18. The summed E-state index contributed by atoms with van der Waals surface area (Å²) in [5.41, 5.74) is 0.681. The Morgan fingerprint density at radius 3 is 2.52 bits per heavy atom. The van der Waals surface area contributed by atoms with E-state index in [9.17, 15) is 13.2 Å². The van der Waals surface area contributed by atoms with E-state index >= 15 is 0 Å². The number of hydrogen-bond donors (Lipinski definition) is 1. The van der Waals surface area contributed by atoms with Crippen molar-refractivity contribution in [1.82, 2.24) is 9.80 Å². The van der Waals surface area contributed by atoms with Gasteiger partial charge in [0.05, 0.1) is 11.0 Å². The largest absolute Gasteiger partial charge is 0.324 e. The molecular weight excluding hydrogens is 386 g/mol. The molecule has 0 aliphatic carbocycles. The first kappa shape index (κ1) is 20.4. The van der Waals surface area contributed by atoms with Gasteiger partial charge in [0.25, 0.3) is 0 Å². The molecule has 0 spiro atoms. The third kappa shape index (κ3) is 4.95. The third-order valence-electron chi connectivity index (χ3n) is 5.38. The molecule has 2 aliphatic heterocycles. The van der Waals surface area contributed by atoms with E-state index in [-0.39, 0.29) is 23.1 Å². The number of rotatable bonds is 3. The summed E-state index contributed by atoms with van der Waals surface area (Å²) in [5.74, 6) is 0.705. The van der Waals surface area contributed by atoms with Crippen LogP contribution in [0.3, 0.4) is 0 Å². The number of urea groups is 1. The smallest absolute Gasteiger partial charge is 0.321 e. The van der Waals surface area contributed by atoms with E-state index < -0.39 is 9.84 Å². The fraction of sp³-hybridized carbons (Fsp3) is 0.632. The number of fused-ring (bicyclic) bond motifs is 1. The van der Waals surface area contributed by atoms with Crippen molar-refractivity contribution in [3.63, 3.8) is 0 Å². The first-order valence-corrected chi connectivity index (χ1v) is 11.6. The van der Waals surface area contributed by atoms with Crippen molar-refractivity contribution in [2.45, 2.75) is 38.0 Å². The van der Waals surface area contributed by atoms with Crippen LogP contribution in [0.4, 0.5) is 10.5 Å². The van der Waals surface area contributed by atoms with Crippen LogP contribution < -0.4 is 5.32 Å². The second-order valence-electron chi connectivity index (χ2n) is 7.86. The quantitative estimate of drug-likeness (QED) is 0.826. The van der Waals surface area contributed by atoms with Crippen molar-refractivity contribution in [1.29, 1.82) is 0 Å². The van der Waals surface area contributed by atoms with E-state index in [0.29, 0.717) is 49.1 Å². The molecule has 1 aromatic rings. The molecule has 2 aliphatic rings. The summed E-state index contributed by atoms with van der Waals surface area (Å²) in [6.45, 7) is 6.81. The Balaban J connectivity index is 1.70. The average molecular weight is 414 g/mol. The van der Waals surface area contributed by atoms with Crippen molar-refractivity contribution in [2.75, 3.05) is 37.2 Å². The lowest BCUT2D eigenvalue weighted by Gasteiger charge is -2.40. The number of anilines is 1. The molecule has 3 rings (SSSR count). The molecule has 2 amide bonds. The number of carbonyl (C=O) groups excluding carboxylic acids is 1. The number of likely N-dealkylation sites (tertiary alicyclic amines) is 1. The minimum Gasteiger partial charge on any atom is -0.324 e. The summed E-state index contributed by atoms with van der Waals surface area (Å²) in [4.78, 5) is 16.7. The molecule has 27 heavy (non-hydrogen) atoms. The minimum atomic E-state index is -3.10. The molecule has 2 fully saturated rings. The molecule has 2 atom stereocenters. The fourth-order valence-corrected chi connectivity index (χ4v) is 6.26. The van der Waals surface area contributed by atoms with E-state index in [4.69, 9.17) is 11.6 Å². The van der Waals surface area contributed by atoms with Crippen LogP contribution in [-0.2, 0) is 9.84 Å². The third-order valence-corrected chi connectivity index (χ3v) is 7.86. The Morgan fingerprint density at radius 2 is 1.85 bits per heavy atom. The molecule has 150 valence electrons. The molecule has 8 heteroatoms. The van der Waals surface area contributed by atoms with E-state index in [1.165, 1.54) is 0 Å². The highest BCUT2D eigenvalue weighted by Crippen LogP contribution is 2.29.